The van der Waals surface area contributed by atoms with E-state index in [-0.39, 0.29) is 18.0 Å². The molecule has 1 aliphatic heterocycles. The Kier molecular flexibility index (Phi) is 7.16. The van der Waals surface area contributed by atoms with E-state index in [1.165, 1.54) is 0 Å². The molecule has 0 aromatic heterocycles. The molecular formula is C14H17ClF6N2. The maximum atomic E-state index is 14.0. The van der Waals surface area contributed by atoms with Gasteiger partial charge in [0.05, 0.1) is 5.56 Å². The Hall–Kier alpha value is -0.990. The van der Waals surface area contributed by atoms with E-state index >= 15 is 0 Å². The van der Waals surface area contributed by atoms with Crippen LogP contribution in [0, 0.1) is 5.82 Å². The van der Waals surface area contributed by atoms with Gasteiger partial charge >= 0.3 is 6.18 Å². The Labute approximate surface area is 136 Å². The molecule has 2 rings (SSSR count). The molecule has 0 unspecified atom stereocenters. The van der Waals surface area contributed by atoms with Crippen LogP contribution in [-0.2, 0) is 6.18 Å². The summed E-state index contributed by atoms with van der Waals surface area (Å²) in [7, 11) is 0. The zero-order valence-electron chi connectivity index (χ0n) is 12.0. The summed E-state index contributed by atoms with van der Waals surface area (Å²) in [6.45, 7) is 2.03. The summed E-state index contributed by atoms with van der Waals surface area (Å²) in [5.41, 5.74) is -1.24. The van der Waals surface area contributed by atoms with Gasteiger partial charge in [0.1, 0.15) is 5.82 Å². The van der Waals surface area contributed by atoms with E-state index in [2.05, 4.69) is 5.32 Å². The van der Waals surface area contributed by atoms with Gasteiger partial charge in [-0.05, 0) is 12.1 Å². The average Bonchev–Trinajstić information content (AvgIpc) is 2.45. The monoisotopic (exact) mass is 362 g/mol. The maximum absolute atomic E-state index is 14.0. The number of nitrogens with one attached hydrogen (secondary N) is 1. The first-order valence-electron chi connectivity index (χ1n) is 6.88. The van der Waals surface area contributed by atoms with Gasteiger partial charge in [-0.25, -0.2) is 13.2 Å². The van der Waals surface area contributed by atoms with E-state index in [9.17, 15) is 26.3 Å². The van der Waals surface area contributed by atoms with Crippen LogP contribution in [0.25, 0.3) is 0 Å². The molecule has 1 heterocycles. The topological polar surface area (TPSA) is 15.3 Å². The van der Waals surface area contributed by atoms with Crippen molar-refractivity contribution in [2.24, 2.45) is 0 Å². The lowest BCUT2D eigenvalue weighted by atomic mass is 9.99. The van der Waals surface area contributed by atoms with E-state index in [1.54, 1.807) is 4.90 Å². The second-order valence-electron chi connectivity index (χ2n) is 5.16. The molecule has 0 bridgehead atoms. The number of hydrogen-bond donors (Lipinski definition) is 1. The number of benzene rings is 1. The van der Waals surface area contributed by atoms with Gasteiger partial charge in [0.15, 0.2) is 0 Å². The highest BCUT2D eigenvalue weighted by atomic mass is 35.5. The summed E-state index contributed by atoms with van der Waals surface area (Å²) >= 11 is 0. The molecule has 0 aliphatic carbocycles. The third kappa shape index (κ3) is 5.26. The summed E-state index contributed by atoms with van der Waals surface area (Å²) in [6, 6.07) is 1.15. The van der Waals surface area contributed by atoms with Crippen molar-refractivity contribution in [3.8, 4) is 0 Å². The fraction of sp³-hybridized carbons (Fsp3) is 0.571. The van der Waals surface area contributed by atoms with Crippen LogP contribution in [0.4, 0.5) is 26.3 Å². The average molecular weight is 363 g/mol. The quantitative estimate of drug-likeness (QED) is 0.818. The first-order valence-corrected chi connectivity index (χ1v) is 6.88. The number of hydrogen-bond acceptors (Lipinski definition) is 2. The lowest BCUT2D eigenvalue weighted by molar-refractivity contribution is -0.137. The molecule has 2 nitrogen and oxygen atoms in total. The van der Waals surface area contributed by atoms with Crippen LogP contribution in [0.3, 0.4) is 0 Å². The van der Waals surface area contributed by atoms with Gasteiger partial charge in [-0.1, -0.05) is 6.07 Å². The summed E-state index contributed by atoms with van der Waals surface area (Å²) in [6.07, 6.45) is -7.93. The number of piperazine rings is 1. The molecule has 1 saturated heterocycles. The van der Waals surface area contributed by atoms with Gasteiger partial charge in [-0.15, -0.1) is 12.4 Å². The fourth-order valence-electron chi connectivity index (χ4n) is 2.61. The molecule has 23 heavy (non-hydrogen) atoms. The largest absolute Gasteiger partial charge is 0.416 e. The van der Waals surface area contributed by atoms with E-state index < -0.39 is 36.4 Å². The number of alkyl halides is 5. The van der Waals surface area contributed by atoms with Crippen LogP contribution in [0.2, 0.25) is 0 Å². The summed E-state index contributed by atoms with van der Waals surface area (Å²) in [4.78, 5) is 1.67. The van der Waals surface area contributed by atoms with Crippen LogP contribution in [0.5, 0.6) is 0 Å². The summed E-state index contributed by atoms with van der Waals surface area (Å²) in [5, 5.41) is 3.05. The van der Waals surface area contributed by atoms with Crippen LogP contribution in [-0.4, -0.2) is 37.5 Å². The lowest BCUT2D eigenvalue weighted by Crippen LogP contribution is -2.45. The molecule has 1 aliphatic rings. The minimum absolute atomic E-state index is 0. The standard InChI is InChI=1S/C14H16F6N2.ClH/c15-11-7-9(14(18,19)20)1-2-10(11)12(8-13(16)17)22-5-3-21-4-6-22;/h1-2,7,12-13,21H,3-6,8H2;1H/t12-;/m0./s1. The van der Waals surface area contributed by atoms with Crippen molar-refractivity contribution in [1.82, 2.24) is 10.2 Å². The minimum Gasteiger partial charge on any atom is -0.314 e. The summed E-state index contributed by atoms with van der Waals surface area (Å²) in [5.74, 6) is -1.10. The van der Waals surface area contributed by atoms with E-state index in [1.807, 2.05) is 0 Å². The van der Waals surface area contributed by atoms with Gasteiger partial charge in [0.25, 0.3) is 0 Å². The predicted octanol–water partition coefficient (Wildman–Crippen LogP) is 3.87. The predicted molar refractivity (Wildman–Crippen MR) is 76.5 cm³/mol. The van der Waals surface area contributed by atoms with Gasteiger partial charge in [-0.2, -0.15) is 13.2 Å². The molecule has 1 aromatic carbocycles. The van der Waals surface area contributed by atoms with Crippen LogP contribution < -0.4 is 5.32 Å². The molecule has 1 aromatic rings. The van der Waals surface area contributed by atoms with Crippen molar-refractivity contribution in [1.29, 1.82) is 0 Å². The normalized spacial score (nSPS) is 17.9. The highest BCUT2D eigenvalue weighted by Crippen LogP contribution is 2.34. The smallest absolute Gasteiger partial charge is 0.314 e. The highest BCUT2D eigenvalue weighted by molar-refractivity contribution is 5.85. The van der Waals surface area contributed by atoms with Crippen molar-refractivity contribution in [3.05, 3.63) is 35.1 Å². The molecule has 0 radical (unpaired) electrons. The number of halogens is 7. The first-order chi connectivity index (χ1) is 10.3. The lowest BCUT2D eigenvalue weighted by Gasteiger charge is -2.35. The van der Waals surface area contributed by atoms with Gasteiger partial charge in [-0.3, -0.25) is 4.90 Å². The van der Waals surface area contributed by atoms with E-state index in [4.69, 9.17) is 0 Å². The van der Waals surface area contributed by atoms with Gasteiger partial charge in [0.2, 0.25) is 6.43 Å². The third-order valence-electron chi connectivity index (χ3n) is 3.68. The zero-order valence-corrected chi connectivity index (χ0v) is 12.9. The van der Waals surface area contributed by atoms with E-state index in [0.717, 1.165) is 12.1 Å². The highest BCUT2D eigenvalue weighted by Gasteiger charge is 2.33. The van der Waals surface area contributed by atoms with Crippen molar-refractivity contribution in [3.63, 3.8) is 0 Å². The minimum atomic E-state index is -4.66. The molecular weight excluding hydrogens is 346 g/mol. The van der Waals surface area contributed by atoms with E-state index in [0.29, 0.717) is 32.2 Å². The van der Waals surface area contributed by atoms with Crippen molar-refractivity contribution in [2.75, 3.05) is 26.2 Å². The fourth-order valence-corrected chi connectivity index (χ4v) is 2.61. The van der Waals surface area contributed by atoms with Crippen molar-refractivity contribution >= 4 is 12.4 Å². The Morgan fingerprint density at radius 1 is 1.13 bits per heavy atom. The van der Waals surface area contributed by atoms with Crippen molar-refractivity contribution < 1.29 is 26.3 Å². The van der Waals surface area contributed by atoms with Gasteiger partial charge < -0.3 is 5.32 Å². The van der Waals surface area contributed by atoms with Gasteiger partial charge in [0, 0.05) is 44.2 Å². The number of rotatable bonds is 4. The first kappa shape index (κ1) is 20.1. The van der Waals surface area contributed by atoms with Crippen LogP contribution >= 0.6 is 12.4 Å². The molecule has 0 saturated carbocycles. The Bertz CT molecular complexity index is 503. The number of nitrogens with zero attached hydrogens (tertiary/aromatic N) is 1. The molecule has 0 amide bonds. The maximum Gasteiger partial charge on any atom is 0.416 e. The zero-order chi connectivity index (χ0) is 16.3. The van der Waals surface area contributed by atoms with Crippen LogP contribution in [0.15, 0.2) is 18.2 Å². The molecule has 1 fully saturated rings. The van der Waals surface area contributed by atoms with Crippen LogP contribution in [0.1, 0.15) is 23.6 Å². The third-order valence-corrected chi connectivity index (χ3v) is 3.68. The SMILES string of the molecule is Cl.Fc1cc(C(F)(F)F)ccc1[C@H](CC(F)F)N1CCNCC1. The molecule has 9 heteroatoms. The molecule has 132 valence electrons. The Morgan fingerprint density at radius 3 is 2.22 bits per heavy atom. The molecule has 1 N–H and O–H groups in total. The Balaban J connectivity index is 0.00000264. The second-order valence-corrected chi connectivity index (χ2v) is 5.16. The molecule has 1 atom stereocenters. The summed E-state index contributed by atoms with van der Waals surface area (Å²) < 4.78 is 77.3. The Morgan fingerprint density at radius 2 is 1.74 bits per heavy atom. The van der Waals surface area contributed by atoms with Crippen molar-refractivity contribution in [2.45, 2.75) is 25.1 Å². The second kappa shape index (κ2) is 8.21. The molecule has 0 spiro atoms.